The van der Waals surface area contributed by atoms with Gasteiger partial charge in [-0.15, -0.1) is 0 Å². The predicted octanol–water partition coefficient (Wildman–Crippen LogP) is 3.47. The number of methoxy groups -OCH3 is 1. The van der Waals surface area contributed by atoms with E-state index in [9.17, 15) is 4.79 Å². The van der Waals surface area contributed by atoms with Crippen molar-refractivity contribution >= 4 is 5.97 Å². The molecule has 3 aliphatic rings. The number of nitrogens with zero attached hydrogens (tertiary/aromatic N) is 1. The normalized spacial score (nSPS) is 43.8. The van der Waals surface area contributed by atoms with E-state index in [0.29, 0.717) is 18.4 Å². The van der Waals surface area contributed by atoms with Crippen LogP contribution < -0.4 is 0 Å². The zero-order valence-corrected chi connectivity index (χ0v) is 13.9. The highest BCUT2D eigenvalue weighted by Gasteiger charge is 2.48. The molecular weight excluding hydrogens is 262 g/mol. The minimum absolute atomic E-state index is 0.00655. The van der Waals surface area contributed by atoms with Crippen LogP contribution in [-0.2, 0) is 9.53 Å². The lowest BCUT2D eigenvalue weighted by atomic mass is 9.66. The van der Waals surface area contributed by atoms with Crippen molar-refractivity contribution in [1.82, 2.24) is 4.90 Å². The molecule has 120 valence electrons. The van der Waals surface area contributed by atoms with Crippen molar-refractivity contribution in [3.05, 3.63) is 0 Å². The number of hydrogen-bond donors (Lipinski definition) is 0. The second-order valence-corrected chi connectivity index (χ2v) is 7.83. The van der Waals surface area contributed by atoms with Crippen LogP contribution >= 0.6 is 0 Å². The summed E-state index contributed by atoms with van der Waals surface area (Å²) in [7, 11) is 3.80. The Morgan fingerprint density at radius 2 is 1.86 bits per heavy atom. The SMILES string of the molecule is COC(=O)CC1C2CC[C@H](C[C@@H]1C1CCC(C)CC1)N2C. The van der Waals surface area contributed by atoms with Crippen LogP contribution in [-0.4, -0.2) is 37.1 Å². The van der Waals surface area contributed by atoms with Crippen LogP contribution in [0.4, 0.5) is 0 Å². The van der Waals surface area contributed by atoms with Crippen LogP contribution in [0.15, 0.2) is 0 Å². The molecule has 2 bridgehead atoms. The molecule has 21 heavy (non-hydrogen) atoms. The molecule has 2 heterocycles. The molecule has 1 saturated carbocycles. The molecule has 0 aromatic heterocycles. The maximum Gasteiger partial charge on any atom is 0.305 e. The summed E-state index contributed by atoms with van der Waals surface area (Å²) in [6, 6.07) is 1.39. The predicted molar refractivity (Wildman–Crippen MR) is 83.9 cm³/mol. The zero-order chi connectivity index (χ0) is 15.0. The molecule has 0 N–H and O–H groups in total. The third-order valence-corrected chi connectivity index (χ3v) is 6.78. The lowest BCUT2D eigenvalue weighted by molar-refractivity contribution is -0.144. The van der Waals surface area contributed by atoms with Gasteiger partial charge >= 0.3 is 5.97 Å². The second-order valence-electron chi connectivity index (χ2n) is 7.83. The van der Waals surface area contributed by atoms with E-state index in [4.69, 9.17) is 4.74 Å². The molecule has 1 aliphatic carbocycles. The average Bonchev–Trinajstić information content (AvgIpc) is 2.73. The highest BCUT2D eigenvalue weighted by atomic mass is 16.5. The van der Waals surface area contributed by atoms with Gasteiger partial charge in [-0.3, -0.25) is 4.79 Å². The van der Waals surface area contributed by atoms with Crippen LogP contribution in [0.1, 0.15) is 58.3 Å². The fraction of sp³-hybridized carbons (Fsp3) is 0.944. The van der Waals surface area contributed by atoms with Crippen molar-refractivity contribution in [3.63, 3.8) is 0 Å². The molecule has 3 heteroatoms. The highest BCUT2D eigenvalue weighted by molar-refractivity contribution is 5.69. The Morgan fingerprint density at radius 1 is 1.14 bits per heavy atom. The molecule has 0 aromatic rings. The maximum absolute atomic E-state index is 11.9. The Balaban J connectivity index is 1.74. The highest BCUT2D eigenvalue weighted by Crippen LogP contribution is 2.49. The van der Waals surface area contributed by atoms with Crippen molar-refractivity contribution in [2.75, 3.05) is 14.2 Å². The van der Waals surface area contributed by atoms with Gasteiger partial charge in [0.25, 0.3) is 0 Å². The number of fused-ring (bicyclic) bond motifs is 2. The molecule has 3 rings (SSSR count). The Labute approximate surface area is 129 Å². The van der Waals surface area contributed by atoms with Gasteiger partial charge < -0.3 is 9.64 Å². The van der Waals surface area contributed by atoms with Crippen LogP contribution in [0.3, 0.4) is 0 Å². The van der Waals surface area contributed by atoms with Gasteiger partial charge in [0.15, 0.2) is 0 Å². The maximum atomic E-state index is 11.9. The number of hydrogen-bond acceptors (Lipinski definition) is 3. The topological polar surface area (TPSA) is 29.5 Å². The number of carbonyl (C=O) groups excluding carboxylic acids is 1. The minimum atomic E-state index is -0.00655. The van der Waals surface area contributed by atoms with E-state index in [2.05, 4.69) is 18.9 Å². The first-order valence-corrected chi connectivity index (χ1v) is 8.89. The van der Waals surface area contributed by atoms with Crippen molar-refractivity contribution in [1.29, 1.82) is 0 Å². The summed E-state index contributed by atoms with van der Waals surface area (Å²) in [6.45, 7) is 2.39. The van der Waals surface area contributed by atoms with E-state index in [-0.39, 0.29) is 5.97 Å². The van der Waals surface area contributed by atoms with Gasteiger partial charge in [-0.05, 0) is 62.8 Å². The minimum Gasteiger partial charge on any atom is -0.469 e. The molecule has 0 amide bonds. The Bertz CT molecular complexity index is 375. The van der Waals surface area contributed by atoms with Gasteiger partial charge in [0.05, 0.1) is 13.5 Å². The summed E-state index contributed by atoms with van der Waals surface area (Å²) < 4.78 is 4.99. The van der Waals surface area contributed by atoms with Gasteiger partial charge in [0, 0.05) is 12.1 Å². The summed E-state index contributed by atoms with van der Waals surface area (Å²) in [4.78, 5) is 14.5. The number of piperidine rings is 1. The van der Waals surface area contributed by atoms with E-state index >= 15 is 0 Å². The summed E-state index contributed by atoms with van der Waals surface area (Å²) in [6.07, 6.45) is 10.1. The Hall–Kier alpha value is -0.570. The molecule has 0 spiro atoms. The zero-order valence-electron chi connectivity index (χ0n) is 13.9. The fourth-order valence-corrected chi connectivity index (χ4v) is 5.43. The quantitative estimate of drug-likeness (QED) is 0.746. The van der Waals surface area contributed by atoms with Crippen LogP contribution in [0.5, 0.6) is 0 Å². The van der Waals surface area contributed by atoms with Crippen LogP contribution in [0.25, 0.3) is 0 Å². The first-order chi connectivity index (χ1) is 10.1. The first kappa shape index (κ1) is 15.3. The van der Waals surface area contributed by atoms with E-state index < -0.39 is 0 Å². The largest absolute Gasteiger partial charge is 0.469 e. The molecule has 4 atom stereocenters. The van der Waals surface area contributed by atoms with Crippen LogP contribution in [0.2, 0.25) is 0 Å². The van der Waals surface area contributed by atoms with E-state index in [0.717, 1.165) is 23.8 Å². The summed E-state index contributed by atoms with van der Waals surface area (Å²) in [5.41, 5.74) is 0. The van der Waals surface area contributed by atoms with Crippen molar-refractivity contribution in [2.24, 2.45) is 23.7 Å². The fourth-order valence-electron chi connectivity index (χ4n) is 5.43. The second kappa shape index (κ2) is 6.28. The Kier molecular flexibility index (Phi) is 4.58. The third kappa shape index (κ3) is 2.99. The third-order valence-electron chi connectivity index (χ3n) is 6.78. The van der Waals surface area contributed by atoms with Gasteiger partial charge in [0.2, 0.25) is 0 Å². The molecule has 0 radical (unpaired) electrons. The molecule has 2 unspecified atom stereocenters. The summed E-state index contributed by atoms with van der Waals surface area (Å²) in [5, 5.41) is 0. The molecule has 3 fully saturated rings. The van der Waals surface area contributed by atoms with Crippen molar-refractivity contribution < 1.29 is 9.53 Å². The van der Waals surface area contributed by atoms with Crippen LogP contribution in [0, 0.1) is 23.7 Å². The van der Waals surface area contributed by atoms with Gasteiger partial charge in [-0.2, -0.15) is 0 Å². The number of esters is 1. The van der Waals surface area contributed by atoms with Gasteiger partial charge in [0.1, 0.15) is 0 Å². The van der Waals surface area contributed by atoms with E-state index in [1.165, 1.54) is 52.1 Å². The molecular formula is C18H31NO2. The van der Waals surface area contributed by atoms with E-state index in [1.54, 1.807) is 0 Å². The van der Waals surface area contributed by atoms with Gasteiger partial charge in [-0.1, -0.05) is 19.8 Å². The molecule has 0 aromatic carbocycles. The van der Waals surface area contributed by atoms with Gasteiger partial charge in [-0.25, -0.2) is 0 Å². The number of ether oxygens (including phenoxy) is 1. The van der Waals surface area contributed by atoms with Crippen molar-refractivity contribution in [2.45, 2.75) is 70.4 Å². The molecule has 3 nitrogen and oxygen atoms in total. The number of carbonyl (C=O) groups is 1. The number of rotatable bonds is 3. The van der Waals surface area contributed by atoms with Crippen molar-refractivity contribution in [3.8, 4) is 0 Å². The molecule has 2 saturated heterocycles. The van der Waals surface area contributed by atoms with E-state index in [1.807, 2.05) is 0 Å². The lowest BCUT2D eigenvalue weighted by Gasteiger charge is -2.47. The lowest BCUT2D eigenvalue weighted by Crippen LogP contribution is -2.49. The smallest absolute Gasteiger partial charge is 0.305 e. The first-order valence-electron chi connectivity index (χ1n) is 8.89. The standard InChI is InChI=1S/C18H31NO2/c1-12-4-6-13(7-5-12)15-10-14-8-9-17(19(14)2)16(15)11-18(20)21-3/h12-17H,4-11H2,1-3H3/t12?,13?,14-,15-,16?,17?/m1/s1. The molecule has 2 aliphatic heterocycles. The average molecular weight is 293 g/mol. The monoisotopic (exact) mass is 293 g/mol. The summed E-state index contributed by atoms with van der Waals surface area (Å²) in [5.74, 6) is 3.04. The summed E-state index contributed by atoms with van der Waals surface area (Å²) >= 11 is 0. The Morgan fingerprint density at radius 3 is 2.52 bits per heavy atom.